The Morgan fingerprint density at radius 3 is 2.85 bits per heavy atom. The zero-order chi connectivity index (χ0) is 9.84. The van der Waals surface area contributed by atoms with Gasteiger partial charge in [0.2, 0.25) is 0 Å². The van der Waals surface area contributed by atoms with Gasteiger partial charge in [-0.1, -0.05) is 0 Å². The van der Waals surface area contributed by atoms with Gasteiger partial charge in [-0.3, -0.25) is 0 Å². The molecular formula is C9H11FO3. The molecule has 1 heterocycles. The topological polar surface area (TPSA) is 39.4 Å². The van der Waals surface area contributed by atoms with Crippen LogP contribution in [0.2, 0.25) is 0 Å². The Labute approximate surface area is 75.5 Å². The maximum absolute atomic E-state index is 13.2. The average Bonchev–Trinajstić information content (AvgIpc) is 2.51. The third-order valence-electron chi connectivity index (χ3n) is 1.50. The van der Waals surface area contributed by atoms with Gasteiger partial charge in [0, 0.05) is 0 Å². The van der Waals surface area contributed by atoms with Gasteiger partial charge in [0.05, 0.1) is 6.61 Å². The number of halogens is 1. The molecule has 1 unspecified atom stereocenters. The quantitative estimate of drug-likeness (QED) is 0.679. The molecular weight excluding hydrogens is 175 g/mol. The Hall–Kier alpha value is -1.32. The first-order valence-corrected chi connectivity index (χ1v) is 4.02. The molecule has 1 rings (SSSR count). The lowest BCUT2D eigenvalue weighted by Gasteiger charge is -2.03. The van der Waals surface area contributed by atoms with Crippen molar-refractivity contribution in [3.05, 3.63) is 23.7 Å². The fourth-order valence-corrected chi connectivity index (χ4v) is 0.921. The van der Waals surface area contributed by atoms with Gasteiger partial charge in [-0.25, -0.2) is 9.18 Å². The van der Waals surface area contributed by atoms with Crippen molar-refractivity contribution in [1.29, 1.82) is 0 Å². The van der Waals surface area contributed by atoms with E-state index in [4.69, 9.17) is 4.42 Å². The summed E-state index contributed by atoms with van der Waals surface area (Å²) in [7, 11) is 0. The molecule has 1 atom stereocenters. The lowest BCUT2D eigenvalue weighted by Crippen LogP contribution is -2.11. The van der Waals surface area contributed by atoms with Crippen molar-refractivity contribution in [2.75, 3.05) is 6.61 Å². The highest BCUT2D eigenvalue weighted by Crippen LogP contribution is 2.20. The van der Waals surface area contributed by atoms with Crippen LogP contribution in [0.5, 0.6) is 0 Å². The number of esters is 1. The Morgan fingerprint density at radius 2 is 2.38 bits per heavy atom. The minimum atomic E-state index is -1.81. The number of hydrogen-bond acceptors (Lipinski definition) is 3. The van der Waals surface area contributed by atoms with Crippen LogP contribution in [0.1, 0.15) is 24.6 Å². The van der Waals surface area contributed by atoms with Gasteiger partial charge < -0.3 is 9.15 Å². The van der Waals surface area contributed by atoms with E-state index in [0.717, 1.165) is 0 Å². The number of carbonyl (C=O) groups is 1. The van der Waals surface area contributed by atoms with E-state index in [0.29, 0.717) is 5.76 Å². The normalized spacial score (nSPS) is 12.5. The largest absolute Gasteiger partial charge is 0.463 e. The molecule has 0 fully saturated rings. The van der Waals surface area contributed by atoms with Crippen LogP contribution in [-0.2, 0) is 9.53 Å². The van der Waals surface area contributed by atoms with Crippen LogP contribution >= 0.6 is 0 Å². The molecule has 0 aliphatic rings. The molecule has 0 aliphatic carbocycles. The highest BCUT2D eigenvalue weighted by Gasteiger charge is 2.23. The maximum Gasteiger partial charge on any atom is 0.348 e. The second kappa shape index (κ2) is 4.07. The van der Waals surface area contributed by atoms with Crippen LogP contribution in [0.15, 0.2) is 16.5 Å². The standard InChI is InChI=1S/C9H11FO3/c1-3-12-9(11)8(10)7-5-4-6(2)13-7/h4-5,8H,3H2,1-2H3. The molecule has 0 amide bonds. The summed E-state index contributed by atoms with van der Waals surface area (Å²) in [5.41, 5.74) is 0. The average molecular weight is 186 g/mol. The van der Waals surface area contributed by atoms with Gasteiger partial charge in [-0.05, 0) is 26.0 Å². The fourth-order valence-electron chi connectivity index (χ4n) is 0.921. The lowest BCUT2D eigenvalue weighted by molar-refractivity contribution is -0.150. The van der Waals surface area contributed by atoms with Crippen LogP contribution in [-0.4, -0.2) is 12.6 Å². The molecule has 13 heavy (non-hydrogen) atoms. The molecule has 0 spiro atoms. The van der Waals surface area contributed by atoms with Gasteiger partial charge >= 0.3 is 5.97 Å². The van der Waals surface area contributed by atoms with Gasteiger partial charge in [0.15, 0.2) is 0 Å². The van der Waals surface area contributed by atoms with Gasteiger partial charge in [0.25, 0.3) is 6.17 Å². The van der Waals surface area contributed by atoms with Crippen molar-refractivity contribution in [3.63, 3.8) is 0 Å². The van der Waals surface area contributed by atoms with Crippen LogP contribution in [0.25, 0.3) is 0 Å². The number of rotatable bonds is 3. The summed E-state index contributed by atoms with van der Waals surface area (Å²) >= 11 is 0. The van der Waals surface area contributed by atoms with E-state index >= 15 is 0 Å². The van der Waals surface area contributed by atoms with E-state index < -0.39 is 12.1 Å². The smallest absolute Gasteiger partial charge is 0.348 e. The van der Waals surface area contributed by atoms with Gasteiger partial charge in [-0.2, -0.15) is 0 Å². The first kappa shape index (κ1) is 9.77. The van der Waals surface area contributed by atoms with Crippen molar-refractivity contribution in [2.24, 2.45) is 0 Å². The lowest BCUT2D eigenvalue weighted by atomic mass is 10.3. The molecule has 1 aromatic heterocycles. The van der Waals surface area contributed by atoms with E-state index in [1.54, 1.807) is 19.9 Å². The summed E-state index contributed by atoms with van der Waals surface area (Å²) in [5.74, 6) is -0.338. The van der Waals surface area contributed by atoms with Crippen molar-refractivity contribution < 1.29 is 18.3 Å². The van der Waals surface area contributed by atoms with Crippen molar-refractivity contribution >= 4 is 5.97 Å². The molecule has 0 saturated heterocycles. The fraction of sp³-hybridized carbons (Fsp3) is 0.444. The van der Waals surface area contributed by atoms with Crippen LogP contribution in [0, 0.1) is 6.92 Å². The minimum Gasteiger partial charge on any atom is -0.463 e. The van der Waals surface area contributed by atoms with Crippen LogP contribution < -0.4 is 0 Å². The molecule has 1 aromatic rings. The maximum atomic E-state index is 13.2. The number of hydrogen-bond donors (Lipinski definition) is 0. The number of furan rings is 1. The molecule has 0 aliphatic heterocycles. The number of alkyl halides is 1. The van der Waals surface area contributed by atoms with Crippen LogP contribution in [0.4, 0.5) is 4.39 Å². The molecule has 4 heteroatoms. The monoisotopic (exact) mass is 186 g/mol. The van der Waals surface area contributed by atoms with Crippen molar-refractivity contribution in [1.82, 2.24) is 0 Å². The molecule has 72 valence electrons. The third kappa shape index (κ3) is 2.31. The van der Waals surface area contributed by atoms with E-state index in [1.807, 2.05) is 0 Å². The minimum absolute atomic E-state index is 0.00375. The first-order valence-electron chi connectivity index (χ1n) is 4.02. The Kier molecular flexibility index (Phi) is 3.06. The zero-order valence-electron chi connectivity index (χ0n) is 7.54. The molecule has 0 N–H and O–H groups in total. The predicted octanol–water partition coefficient (Wildman–Crippen LogP) is 2.16. The van der Waals surface area contributed by atoms with E-state index in [9.17, 15) is 9.18 Å². The summed E-state index contributed by atoms with van der Waals surface area (Å²) in [6.07, 6.45) is -1.81. The summed E-state index contributed by atoms with van der Waals surface area (Å²) in [4.78, 5) is 10.9. The Morgan fingerprint density at radius 1 is 1.69 bits per heavy atom. The number of carbonyl (C=O) groups excluding carboxylic acids is 1. The predicted molar refractivity (Wildman–Crippen MR) is 43.9 cm³/mol. The second-order valence-electron chi connectivity index (χ2n) is 2.56. The number of aryl methyl sites for hydroxylation is 1. The van der Waals surface area contributed by atoms with Crippen molar-refractivity contribution in [2.45, 2.75) is 20.0 Å². The molecule has 0 bridgehead atoms. The Bertz CT molecular complexity index is 293. The van der Waals surface area contributed by atoms with E-state index in [-0.39, 0.29) is 12.4 Å². The highest BCUT2D eigenvalue weighted by molar-refractivity contribution is 5.75. The summed E-state index contributed by atoms with van der Waals surface area (Å²) in [5, 5.41) is 0. The first-order chi connectivity index (χ1) is 6.15. The van der Waals surface area contributed by atoms with E-state index in [1.165, 1.54) is 6.07 Å². The summed E-state index contributed by atoms with van der Waals surface area (Å²) in [6.45, 7) is 3.47. The summed E-state index contributed by atoms with van der Waals surface area (Å²) < 4.78 is 22.6. The Balaban J connectivity index is 2.67. The number of ether oxygens (including phenoxy) is 1. The summed E-state index contributed by atoms with van der Waals surface area (Å²) in [6, 6.07) is 3.03. The SMILES string of the molecule is CCOC(=O)C(F)c1ccc(C)o1. The van der Waals surface area contributed by atoms with Crippen molar-refractivity contribution in [3.8, 4) is 0 Å². The molecule has 0 radical (unpaired) electrons. The van der Waals surface area contributed by atoms with Gasteiger partial charge in [0.1, 0.15) is 11.5 Å². The molecule has 3 nitrogen and oxygen atoms in total. The van der Waals surface area contributed by atoms with Crippen LogP contribution in [0.3, 0.4) is 0 Å². The highest BCUT2D eigenvalue weighted by atomic mass is 19.1. The zero-order valence-corrected chi connectivity index (χ0v) is 7.54. The van der Waals surface area contributed by atoms with E-state index in [2.05, 4.69) is 4.74 Å². The third-order valence-corrected chi connectivity index (χ3v) is 1.50. The van der Waals surface area contributed by atoms with Gasteiger partial charge in [-0.15, -0.1) is 0 Å². The second-order valence-corrected chi connectivity index (χ2v) is 2.56. The molecule has 0 aromatic carbocycles. The molecule has 0 saturated carbocycles.